The van der Waals surface area contributed by atoms with Gasteiger partial charge in [0.15, 0.2) is 0 Å². The normalized spacial score (nSPS) is 23.4. The fourth-order valence-corrected chi connectivity index (χ4v) is 3.76. The summed E-state index contributed by atoms with van der Waals surface area (Å²) in [6, 6.07) is 7.50. The summed E-state index contributed by atoms with van der Waals surface area (Å²) in [5, 5.41) is 11.0. The van der Waals surface area contributed by atoms with E-state index in [0.717, 1.165) is 37.7 Å². The van der Waals surface area contributed by atoms with Crippen molar-refractivity contribution >= 4 is 11.7 Å². The minimum atomic E-state index is -0.359. The summed E-state index contributed by atoms with van der Waals surface area (Å²) in [5.41, 5.74) is 1.06. The molecule has 24 heavy (non-hydrogen) atoms. The quantitative estimate of drug-likeness (QED) is 0.435. The number of carbonyl (C=O) groups is 1. The van der Waals surface area contributed by atoms with Crippen LogP contribution in [0.25, 0.3) is 0 Å². The van der Waals surface area contributed by atoms with Gasteiger partial charge in [0, 0.05) is 30.8 Å². The van der Waals surface area contributed by atoms with E-state index in [-0.39, 0.29) is 28.5 Å². The van der Waals surface area contributed by atoms with E-state index in [2.05, 4.69) is 4.90 Å². The molecular weight excluding hydrogens is 308 g/mol. The van der Waals surface area contributed by atoms with Crippen LogP contribution < -0.4 is 0 Å². The Kier molecular flexibility index (Phi) is 5.14. The molecule has 1 aromatic carbocycles. The van der Waals surface area contributed by atoms with Gasteiger partial charge in [-0.05, 0) is 38.2 Å². The van der Waals surface area contributed by atoms with E-state index in [1.165, 1.54) is 6.07 Å². The van der Waals surface area contributed by atoms with Crippen LogP contribution in [0.3, 0.4) is 0 Å². The molecule has 3 rings (SSSR count). The Hall–Kier alpha value is -1.95. The van der Waals surface area contributed by atoms with Gasteiger partial charge < -0.3 is 4.74 Å². The van der Waals surface area contributed by atoms with Crippen LogP contribution in [-0.4, -0.2) is 34.5 Å². The largest absolute Gasteiger partial charge is 0.466 e. The van der Waals surface area contributed by atoms with Crippen LogP contribution in [0.4, 0.5) is 5.69 Å². The highest BCUT2D eigenvalue weighted by atomic mass is 16.6. The van der Waals surface area contributed by atoms with E-state index in [1.54, 1.807) is 12.1 Å². The number of nitrogens with zero attached hydrogens (tertiary/aromatic N) is 2. The number of benzene rings is 1. The molecule has 0 N–H and O–H groups in total. The Labute approximate surface area is 141 Å². The Morgan fingerprint density at radius 3 is 2.79 bits per heavy atom. The summed E-state index contributed by atoms with van der Waals surface area (Å²) >= 11 is 0. The summed E-state index contributed by atoms with van der Waals surface area (Å²) in [6.07, 6.45) is 5.19. The van der Waals surface area contributed by atoms with Crippen molar-refractivity contribution in [2.45, 2.75) is 57.7 Å². The number of nitro benzene ring substituents is 1. The number of hydrogen-bond acceptors (Lipinski definition) is 5. The first-order chi connectivity index (χ1) is 11.6. The number of carbonyl (C=O) groups excluding carboxylic acids is 1. The monoisotopic (exact) mass is 332 g/mol. The van der Waals surface area contributed by atoms with Crippen LogP contribution in [-0.2, 0) is 16.1 Å². The highest BCUT2D eigenvalue weighted by molar-refractivity contribution is 5.73. The molecule has 0 unspecified atom stereocenters. The lowest BCUT2D eigenvalue weighted by Gasteiger charge is -2.32. The lowest BCUT2D eigenvalue weighted by atomic mass is 10.0. The van der Waals surface area contributed by atoms with Crippen molar-refractivity contribution in [2.75, 3.05) is 6.61 Å². The van der Waals surface area contributed by atoms with Crippen molar-refractivity contribution in [3.63, 3.8) is 0 Å². The Morgan fingerprint density at radius 1 is 1.33 bits per heavy atom. The standard InChI is InChI=1S/C18H24N2O4/c1-2-24-18(21)16-7-4-8-17(16)19(14-9-10-14)12-13-5-3-6-15(11-13)20(22)23/h3,5-6,11,14,16-17H,2,4,7-10,12H2,1H3/t16-,17+/m1/s1. The molecule has 6 nitrogen and oxygen atoms in total. The van der Waals surface area contributed by atoms with Crippen molar-refractivity contribution in [3.05, 3.63) is 39.9 Å². The van der Waals surface area contributed by atoms with E-state index in [0.29, 0.717) is 19.2 Å². The molecule has 0 spiro atoms. The number of ether oxygens (including phenoxy) is 1. The van der Waals surface area contributed by atoms with E-state index < -0.39 is 0 Å². The van der Waals surface area contributed by atoms with Crippen LogP contribution in [0.1, 0.15) is 44.6 Å². The Bertz CT molecular complexity index is 615. The smallest absolute Gasteiger partial charge is 0.310 e. The number of hydrogen-bond donors (Lipinski definition) is 0. The van der Waals surface area contributed by atoms with E-state index >= 15 is 0 Å². The predicted octanol–water partition coefficient (Wildman–Crippen LogP) is 3.29. The number of rotatable bonds is 7. The maximum absolute atomic E-state index is 12.3. The summed E-state index contributed by atoms with van der Waals surface area (Å²) in [7, 11) is 0. The second-order valence-electron chi connectivity index (χ2n) is 6.69. The summed E-state index contributed by atoms with van der Waals surface area (Å²) in [6.45, 7) is 2.91. The van der Waals surface area contributed by atoms with Crippen LogP contribution in [0.15, 0.2) is 24.3 Å². The molecule has 6 heteroatoms. The van der Waals surface area contributed by atoms with Crippen LogP contribution >= 0.6 is 0 Å². The van der Waals surface area contributed by atoms with Gasteiger partial charge in [0.2, 0.25) is 0 Å². The number of esters is 1. The van der Waals surface area contributed by atoms with Crippen molar-refractivity contribution in [2.24, 2.45) is 5.92 Å². The third-order valence-corrected chi connectivity index (χ3v) is 5.00. The van der Waals surface area contributed by atoms with Crippen LogP contribution in [0.2, 0.25) is 0 Å². The Morgan fingerprint density at radius 2 is 2.12 bits per heavy atom. The number of nitro groups is 1. The van der Waals surface area contributed by atoms with Crippen molar-refractivity contribution in [1.29, 1.82) is 0 Å². The maximum Gasteiger partial charge on any atom is 0.310 e. The Balaban J connectivity index is 1.76. The van der Waals surface area contributed by atoms with Crippen LogP contribution in [0, 0.1) is 16.0 Å². The van der Waals surface area contributed by atoms with Gasteiger partial charge in [-0.15, -0.1) is 0 Å². The third-order valence-electron chi connectivity index (χ3n) is 5.00. The van der Waals surface area contributed by atoms with Crippen molar-refractivity contribution < 1.29 is 14.5 Å². The van der Waals surface area contributed by atoms with Gasteiger partial charge in [0.1, 0.15) is 0 Å². The number of non-ortho nitro benzene ring substituents is 1. The van der Waals surface area contributed by atoms with Gasteiger partial charge in [-0.1, -0.05) is 18.6 Å². The van der Waals surface area contributed by atoms with Crippen LogP contribution in [0.5, 0.6) is 0 Å². The second-order valence-corrected chi connectivity index (χ2v) is 6.69. The fraction of sp³-hybridized carbons (Fsp3) is 0.611. The molecule has 2 atom stereocenters. The topological polar surface area (TPSA) is 72.7 Å². The first kappa shape index (κ1) is 16.9. The molecule has 0 amide bonds. The maximum atomic E-state index is 12.3. The first-order valence-corrected chi connectivity index (χ1v) is 8.76. The highest BCUT2D eigenvalue weighted by Gasteiger charge is 2.43. The molecule has 2 saturated carbocycles. The second kappa shape index (κ2) is 7.30. The minimum absolute atomic E-state index is 0.0655. The first-order valence-electron chi connectivity index (χ1n) is 8.76. The molecule has 2 aliphatic rings. The highest BCUT2D eigenvalue weighted by Crippen LogP contribution is 2.39. The van der Waals surface area contributed by atoms with Crippen molar-refractivity contribution in [1.82, 2.24) is 4.90 Å². The molecule has 0 heterocycles. The van der Waals surface area contributed by atoms with Gasteiger partial charge in [-0.3, -0.25) is 19.8 Å². The van der Waals surface area contributed by atoms with Gasteiger partial charge >= 0.3 is 5.97 Å². The molecule has 0 aliphatic heterocycles. The zero-order valence-corrected chi connectivity index (χ0v) is 14.0. The van der Waals surface area contributed by atoms with E-state index in [4.69, 9.17) is 4.74 Å². The summed E-state index contributed by atoms with van der Waals surface area (Å²) in [4.78, 5) is 25.3. The molecule has 0 saturated heterocycles. The van der Waals surface area contributed by atoms with E-state index in [9.17, 15) is 14.9 Å². The van der Waals surface area contributed by atoms with Gasteiger partial charge in [0.05, 0.1) is 17.4 Å². The van der Waals surface area contributed by atoms with Gasteiger partial charge in [0.25, 0.3) is 5.69 Å². The van der Waals surface area contributed by atoms with E-state index in [1.807, 2.05) is 13.0 Å². The average molecular weight is 332 g/mol. The lowest BCUT2D eigenvalue weighted by molar-refractivity contribution is -0.384. The third kappa shape index (κ3) is 3.75. The minimum Gasteiger partial charge on any atom is -0.466 e. The average Bonchev–Trinajstić information content (AvgIpc) is 3.29. The molecule has 0 bridgehead atoms. The summed E-state index contributed by atoms with van der Waals surface area (Å²) < 4.78 is 5.25. The molecular formula is C18H24N2O4. The zero-order chi connectivity index (χ0) is 17.1. The van der Waals surface area contributed by atoms with Gasteiger partial charge in [-0.2, -0.15) is 0 Å². The molecule has 0 radical (unpaired) electrons. The SMILES string of the molecule is CCOC(=O)[C@@H]1CCC[C@@H]1N(Cc1cccc([N+](=O)[O-])c1)C1CC1. The lowest BCUT2D eigenvalue weighted by Crippen LogP contribution is -2.42. The molecule has 0 aromatic heterocycles. The zero-order valence-electron chi connectivity index (χ0n) is 14.0. The fourth-order valence-electron chi connectivity index (χ4n) is 3.76. The summed E-state index contributed by atoms with van der Waals surface area (Å²) in [5.74, 6) is -0.158. The predicted molar refractivity (Wildman–Crippen MR) is 89.4 cm³/mol. The molecule has 2 fully saturated rings. The van der Waals surface area contributed by atoms with Crippen molar-refractivity contribution in [3.8, 4) is 0 Å². The van der Waals surface area contributed by atoms with Gasteiger partial charge in [-0.25, -0.2) is 0 Å². The molecule has 130 valence electrons. The molecule has 2 aliphatic carbocycles. The molecule has 1 aromatic rings.